The predicted octanol–water partition coefficient (Wildman–Crippen LogP) is -6.38. The van der Waals surface area contributed by atoms with Crippen LogP contribution in [-0.2, 0) is 81.5 Å². The molecule has 0 saturated heterocycles. The van der Waals surface area contributed by atoms with Crippen molar-refractivity contribution in [3.8, 4) is 0 Å². The zero-order valence-corrected chi connectivity index (χ0v) is 42.9. The minimum atomic E-state index is -2.14. The second kappa shape index (κ2) is 35.7. The number of carboxylic acid groups (broad SMARTS) is 5. The minimum Gasteiger partial charge on any atom is -0.481 e. The van der Waals surface area contributed by atoms with Gasteiger partial charge >= 0.3 is 29.8 Å². The molecule has 33 heteroatoms. The second-order valence-corrected chi connectivity index (χ2v) is 17.5. The third kappa shape index (κ3) is 29.0. The first-order valence-electron chi connectivity index (χ1n) is 23.8. The summed E-state index contributed by atoms with van der Waals surface area (Å²) in [6.45, 7) is 2.03. The molecule has 0 rings (SSSR count). The van der Waals surface area contributed by atoms with Crippen LogP contribution in [0.2, 0.25) is 0 Å². The number of hydrogen-bond acceptors (Lipinski definition) is 19. The van der Waals surface area contributed by atoms with E-state index in [1.807, 2.05) is 10.6 Å². The Morgan fingerprint density at radius 3 is 0.744 bits per heavy atom. The predicted molar refractivity (Wildman–Crippen MR) is 257 cm³/mol. The first kappa shape index (κ1) is 69.5. The van der Waals surface area contributed by atoms with E-state index in [1.165, 1.54) is 6.92 Å². The summed E-state index contributed by atoms with van der Waals surface area (Å²) < 4.78 is 0. The summed E-state index contributed by atoms with van der Waals surface area (Å²) in [4.78, 5) is 213. The number of Topliss-reactive ketones (excluding diaryl/α,β-unsaturated/α-hetero) is 3. The first-order chi connectivity index (χ1) is 36.3. The van der Waals surface area contributed by atoms with Crippen LogP contribution in [0.15, 0.2) is 0 Å². The van der Waals surface area contributed by atoms with Crippen molar-refractivity contribution in [2.24, 2.45) is 0 Å². The van der Waals surface area contributed by atoms with Crippen LogP contribution in [0.1, 0.15) is 111 Å². The zero-order chi connectivity index (χ0) is 60.0. The highest BCUT2D eigenvalue weighted by atomic mass is 16.4. The topological polar surface area (TPSA) is 540 Å². The van der Waals surface area contributed by atoms with Crippen LogP contribution in [0.4, 0.5) is 0 Å². The van der Waals surface area contributed by atoms with Crippen LogP contribution in [0, 0.1) is 0 Å². The molecule has 9 atom stereocenters. The largest absolute Gasteiger partial charge is 0.481 e. The Hall–Kier alpha value is -8.49. The Morgan fingerprint density at radius 1 is 0.282 bits per heavy atom. The smallest absolute Gasteiger partial charge is 0.305 e. The number of amides is 9. The molecule has 0 saturated carbocycles. The summed E-state index contributed by atoms with van der Waals surface area (Å²) in [6, 6.07) is -16.6. The normalized spacial score (nSPS) is 14.2. The van der Waals surface area contributed by atoms with Gasteiger partial charge < -0.3 is 93.2 Å². The van der Waals surface area contributed by atoms with Crippen molar-refractivity contribution < 1.29 is 117 Å². The summed E-state index contributed by atoms with van der Waals surface area (Å²) in [7, 11) is 0. The van der Waals surface area contributed by atoms with E-state index < -0.39 is 233 Å². The van der Waals surface area contributed by atoms with Crippen LogP contribution in [0.25, 0.3) is 0 Å². The summed E-state index contributed by atoms with van der Waals surface area (Å²) in [6.07, 6.45) is -8.82. The van der Waals surface area contributed by atoms with Crippen LogP contribution in [0.5, 0.6) is 0 Å². The van der Waals surface area contributed by atoms with E-state index >= 15 is 0 Å². The Labute approximate surface area is 443 Å². The van der Waals surface area contributed by atoms with E-state index in [-0.39, 0.29) is 18.6 Å². The van der Waals surface area contributed by atoms with Crippen LogP contribution >= 0.6 is 0 Å². The van der Waals surface area contributed by atoms with Gasteiger partial charge in [0.05, 0.1) is 25.7 Å². The minimum absolute atomic E-state index is 0.157. The number of carboxylic acids is 5. The SMILES string of the molecule is CC(=O)CCC(NC(=O)[C@@H](CCC(=O)O)NC(=O)C(CCC(=O)O)NC(=O)[C@@H](CCC(=O)O)NC(=O)C(CO)NC(=O)[C@@H](CCC(C)=O)NC(=O)C(CC(=O)O)NC(=O)[C@@H](CCC(=O)O)NC(=O)C(CO)NC(C)=O)C(C)=O. The van der Waals surface area contributed by atoms with Gasteiger partial charge in [0.15, 0.2) is 5.78 Å². The lowest BCUT2D eigenvalue weighted by molar-refractivity contribution is -0.142. The average molecular weight is 1120 g/mol. The van der Waals surface area contributed by atoms with Gasteiger partial charge in [0.25, 0.3) is 0 Å². The molecule has 0 bridgehead atoms. The van der Waals surface area contributed by atoms with Gasteiger partial charge in [0, 0.05) is 45.4 Å². The Morgan fingerprint density at radius 2 is 0.500 bits per heavy atom. The monoisotopic (exact) mass is 1120 g/mol. The van der Waals surface area contributed by atoms with Gasteiger partial charge in [-0.1, -0.05) is 0 Å². The van der Waals surface area contributed by atoms with Crippen molar-refractivity contribution in [2.75, 3.05) is 13.2 Å². The molecule has 33 nitrogen and oxygen atoms in total. The Bertz CT molecular complexity index is 2260. The van der Waals surface area contributed by atoms with E-state index in [2.05, 4.69) is 37.2 Å². The number of rotatable bonds is 40. The van der Waals surface area contributed by atoms with Gasteiger partial charge in [0.2, 0.25) is 53.2 Å². The number of carbonyl (C=O) groups is 17. The molecule has 0 fully saturated rings. The van der Waals surface area contributed by atoms with E-state index in [4.69, 9.17) is 0 Å². The van der Waals surface area contributed by atoms with Crippen LogP contribution in [0.3, 0.4) is 0 Å². The van der Waals surface area contributed by atoms with Gasteiger partial charge in [0.1, 0.15) is 59.9 Å². The molecule has 78 heavy (non-hydrogen) atoms. The van der Waals surface area contributed by atoms with Crippen molar-refractivity contribution in [1.29, 1.82) is 0 Å². The number of aliphatic hydroxyl groups excluding tert-OH is 2. The number of hydrogen-bond donors (Lipinski definition) is 16. The van der Waals surface area contributed by atoms with Gasteiger partial charge in [-0.2, -0.15) is 0 Å². The highest BCUT2D eigenvalue weighted by Gasteiger charge is 2.36. The molecule has 0 heterocycles. The number of nitrogens with one attached hydrogen (secondary N) is 9. The van der Waals surface area contributed by atoms with Crippen LogP contribution < -0.4 is 47.9 Å². The van der Waals surface area contributed by atoms with Crippen molar-refractivity contribution in [3.63, 3.8) is 0 Å². The summed E-state index contributed by atoms with van der Waals surface area (Å²) in [5.41, 5.74) is 0. The Kier molecular flexibility index (Phi) is 31.8. The molecule has 0 aliphatic carbocycles. The molecular weight excluding hydrogens is 1050 g/mol. The fraction of sp³-hybridized carbons (Fsp3) is 0.622. The molecule has 436 valence electrons. The summed E-state index contributed by atoms with van der Waals surface area (Å²) in [5.74, 6) is -20.8. The zero-order valence-electron chi connectivity index (χ0n) is 42.9. The quantitative estimate of drug-likeness (QED) is 0.0271. The maximum absolute atomic E-state index is 13.8. The van der Waals surface area contributed by atoms with Gasteiger partial charge in [-0.25, -0.2) is 0 Å². The number of carbonyl (C=O) groups excluding carboxylic acids is 12. The molecule has 9 amide bonds. The molecule has 0 aromatic rings. The molecule has 5 unspecified atom stereocenters. The maximum atomic E-state index is 13.8. The third-order valence-electron chi connectivity index (χ3n) is 10.8. The first-order valence-corrected chi connectivity index (χ1v) is 23.8. The standard InChI is InChI=1S/C45H67N9O24/c1-20(57)5-7-24(22(3)59)47-38(71)26(9-13-33(61)62)48-39(72)27(10-14-34(63)64)49-40(73)28(11-15-35(65)66)52-45(78)32(19-56)54-42(75)25(8-6-21(2)58)50-43(76)30(17-37(69)70)53-41(74)29(12-16-36(67)68)51-44(77)31(18-55)46-23(4)60/h24-32,55-56H,5-19H2,1-4H3,(H,46,60)(H,47,71)(H,48,72)(H,49,73)(H,50,76)(H,51,77)(H,52,78)(H,53,74)(H,54,75)(H,61,62)(H,63,64)(H,65,66)(H,67,68)(H,69,70)/t24?,25-,26-,27?,28-,29-,30?,31?,32?/m1/s1. The van der Waals surface area contributed by atoms with E-state index in [1.54, 1.807) is 0 Å². The molecule has 16 N–H and O–H groups in total. The number of aliphatic carboxylic acids is 5. The lowest BCUT2D eigenvalue weighted by atomic mass is 10.0. The molecule has 0 aromatic carbocycles. The maximum Gasteiger partial charge on any atom is 0.305 e. The van der Waals surface area contributed by atoms with E-state index in [0.717, 1.165) is 20.8 Å². The van der Waals surface area contributed by atoms with Crippen molar-refractivity contribution in [2.45, 2.75) is 166 Å². The van der Waals surface area contributed by atoms with E-state index in [0.29, 0.717) is 0 Å². The van der Waals surface area contributed by atoms with Crippen molar-refractivity contribution in [1.82, 2.24) is 47.9 Å². The highest BCUT2D eigenvalue weighted by molar-refractivity contribution is 5.99. The van der Waals surface area contributed by atoms with Crippen molar-refractivity contribution in [3.05, 3.63) is 0 Å². The second-order valence-electron chi connectivity index (χ2n) is 17.5. The average Bonchev–Trinajstić information content (AvgIpc) is 3.33. The molecule has 0 spiro atoms. The van der Waals surface area contributed by atoms with Gasteiger partial charge in [-0.05, 0) is 59.3 Å². The van der Waals surface area contributed by atoms with Crippen molar-refractivity contribution >= 4 is 100 Å². The molecular formula is C45H67N9O24. The number of ketones is 3. The highest BCUT2D eigenvalue weighted by Crippen LogP contribution is 2.10. The molecule has 0 aliphatic rings. The fourth-order valence-corrected chi connectivity index (χ4v) is 6.68. The van der Waals surface area contributed by atoms with Gasteiger partial charge in [-0.3, -0.25) is 71.9 Å². The third-order valence-corrected chi connectivity index (χ3v) is 10.8. The lowest BCUT2D eigenvalue weighted by Crippen LogP contribution is -2.61. The molecule has 0 radical (unpaired) electrons. The summed E-state index contributed by atoms with van der Waals surface area (Å²) in [5, 5.41) is 85.6. The summed E-state index contributed by atoms with van der Waals surface area (Å²) >= 11 is 0. The lowest BCUT2D eigenvalue weighted by Gasteiger charge is -2.27. The fourth-order valence-electron chi connectivity index (χ4n) is 6.68. The number of aliphatic hydroxyl groups is 2. The Balaban J connectivity index is 6.80. The molecule has 0 aromatic heterocycles. The van der Waals surface area contributed by atoms with Gasteiger partial charge in [-0.15, -0.1) is 0 Å². The van der Waals surface area contributed by atoms with Crippen LogP contribution in [-0.4, -0.2) is 204 Å². The van der Waals surface area contributed by atoms with E-state index in [9.17, 15) is 117 Å². The molecule has 0 aliphatic heterocycles.